The van der Waals surface area contributed by atoms with Gasteiger partial charge in [-0.2, -0.15) is 0 Å². The summed E-state index contributed by atoms with van der Waals surface area (Å²) >= 11 is 0. The molecule has 1 heterocycles. The van der Waals surface area contributed by atoms with Crippen molar-refractivity contribution in [2.24, 2.45) is 0 Å². The number of phenols is 1. The lowest BCUT2D eigenvalue weighted by Gasteiger charge is -2.08. The molecule has 0 amide bonds. The molecule has 0 saturated carbocycles. The van der Waals surface area contributed by atoms with Gasteiger partial charge in [-0.15, -0.1) is 0 Å². The minimum absolute atomic E-state index is 0.135. The molecule has 17 heavy (non-hydrogen) atoms. The summed E-state index contributed by atoms with van der Waals surface area (Å²) < 4.78 is 10.8. The highest BCUT2D eigenvalue weighted by Crippen LogP contribution is 2.30. The lowest BCUT2D eigenvalue weighted by atomic mass is 9.87. The maximum absolute atomic E-state index is 9.61. The first-order valence-electron chi connectivity index (χ1n) is 5.36. The monoisotopic (exact) mass is 225 g/mol. The maximum Gasteiger partial charge on any atom is 0.330 e. The van der Waals surface area contributed by atoms with Gasteiger partial charge in [0, 0.05) is 0 Å². The Morgan fingerprint density at radius 3 is 2.94 bits per heavy atom. The Kier molecular flexibility index (Phi) is 2.50. The highest BCUT2D eigenvalue weighted by atomic mass is 16.5. The molecule has 3 nitrogen and oxygen atoms in total. The number of phenolic OH excluding ortho intramolecular Hbond substituents is 1. The molecule has 0 bridgehead atoms. The number of rotatable bonds is 2. The zero-order valence-electron chi connectivity index (χ0n) is 9.09. The molecule has 83 valence electrons. The van der Waals surface area contributed by atoms with Crippen molar-refractivity contribution >= 4 is 12.9 Å². The van der Waals surface area contributed by atoms with Crippen molar-refractivity contribution in [2.45, 2.75) is 6.61 Å². The van der Waals surface area contributed by atoms with Crippen LogP contribution in [-0.2, 0) is 11.3 Å². The van der Waals surface area contributed by atoms with E-state index in [1.54, 1.807) is 25.7 Å². The fourth-order valence-electron chi connectivity index (χ4n) is 1.78. The first-order valence-corrected chi connectivity index (χ1v) is 5.36. The number of ether oxygens (including phenoxy) is 1. The van der Waals surface area contributed by atoms with E-state index in [1.165, 1.54) is 0 Å². The molecule has 0 spiro atoms. The van der Waals surface area contributed by atoms with Crippen LogP contribution in [0.5, 0.6) is 17.2 Å². The molecule has 0 aliphatic carbocycles. The van der Waals surface area contributed by atoms with Crippen LogP contribution in [-0.4, -0.2) is 12.6 Å². The maximum atomic E-state index is 9.61. The van der Waals surface area contributed by atoms with Gasteiger partial charge in [0.05, 0.1) is 6.61 Å². The van der Waals surface area contributed by atoms with Crippen LogP contribution in [0.1, 0.15) is 5.56 Å². The number of hydrogen-bond acceptors (Lipinski definition) is 3. The Hall–Kier alpha value is -1.94. The van der Waals surface area contributed by atoms with Gasteiger partial charge in [-0.05, 0) is 35.3 Å². The molecule has 1 N–H and O–H groups in total. The van der Waals surface area contributed by atoms with E-state index in [0.29, 0.717) is 18.1 Å². The quantitative estimate of drug-likeness (QED) is 0.794. The van der Waals surface area contributed by atoms with Crippen LogP contribution in [0.15, 0.2) is 42.5 Å². The first-order chi connectivity index (χ1) is 8.33. The fraction of sp³-hybridized carbons (Fsp3) is 0.0769. The average Bonchev–Trinajstić information content (AvgIpc) is 2.79. The summed E-state index contributed by atoms with van der Waals surface area (Å²) in [7, 11) is 1.74. The Labute approximate surface area is 99.9 Å². The first kappa shape index (κ1) is 10.2. The van der Waals surface area contributed by atoms with E-state index in [1.807, 2.05) is 24.3 Å². The summed E-state index contributed by atoms with van der Waals surface area (Å²) in [6.07, 6.45) is 0. The third-order valence-corrected chi connectivity index (χ3v) is 2.66. The van der Waals surface area contributed by atoms with Crippen molar-refractivity contribution in [3.8, 4) is 17.2 Å². The van der Waals surface area contributed by atoms with Crippen LogP contribution in [0.3, 0.4) is 0 Å². The molecule has 2 aromatic carbocycles. The predicted octanol–water partition coefficient (Wildman–Crippen LogP) is 1.96. The molecule has 1 aliphatic rings. The van der Waals surface area contributed by atoms with Crippen LogP contribution >= 0.6 is 0 Å². The van der Waals surface area contributed by atoms with Crippen LogP contribution in [0.25, 0.3) is 0 Å². The van der Waals surface area contributed by atoms with Crippen molar-refractivity contribution < 1.29 is 14.5 Å². The minimum Gasteiger partial charge on any atom is -0.504 e. The normalized spacial score (nSPS) is 12.9. The van der Waals surface area contributed by atoms with E-state index in [-0.39, 0.29) is 5.75 Å². The molecule has 0 atom stereocenters. The van der Waals surface area contributed by atoms with E-state index < -0.39 is 0 Å². The Balaban J connectivity index is 1.89. The standard InChI is InChI=1S/C13H10BO3/c15-12-3-1-2-4-13(12)17-10-5-6-11-9(7-10)8-16-14-11/h1-7,15H,8H2. The highest BCUT2D eigenvalue weighted by Gasteiger charge is 2.14. The number of para-hydroxylation sites is 2. The number of benzene rings is 2. The molecule has 1 radical (unpaired) electrons. The van der Waals surface area contributed by atoms with Gasteiger partial charge in [-0.3, -0.25) is 0 Å². The summed E-state index contributed by atoms with van der Waals surface area (Å²) in [6.45, 7) is 0.577. The Bertz CT molecular complexity index is 554. The van der Waals surface area contributed by atoms with Crippen molar-refractivity contribution in [3.63, 3.8) is 0 Å². The van der Waals surface area contributed by atoms with E-state index >= 15 is 0 Å². The molecule has 4 heteroatoms. The Morgan fingerprint density at radius 1 is 1.18 bits per heavy atom. The summed E-state index contributed by atoms with van der Waals surface area (Å²) in [6, 6.07) is 12.6. The lowest BCUT2D eigenvalue weighted by Crippen LogP contribution is -2.10. The molecular weight excluding hydrogens is 215 g/mol. The molecule has 0 fully saturated rings. The zero-order valence-corrected chi connectivity index (χ0v) is 9.09. The third kappa shape index (κ3) is 1.99. The van der Waals surface area contributed by atoms with Gasteiger partial charge in [-0.25, -0.2) is 0 Å². The van der Waals surface area contributed by atoms with Crippen LogP contribution in [0.2, 0.25) is 0 Å². The van der Waals surface area contributed by atoms with Crippen LogP contribution in [0.4, 0.5) is 0 Å². The zero-order chi connectivity index (χ0) is 11.7. The number of fused-ring (bicyclic) bond motifs is 1. The van der Waals surface area contributed by atoms with E-state index in [9.17, 15) is 5.11 Å². The number of hydrogen-bond donors (Lipinski definition) is 1. The molecular formula is C13H10BO3. The van der Waals surface area contributed by atoms with E-state index in [2.05, 4.69) is 0 Å². The second-order valence-electron chi connectivity index (χ2n) is 3.86. The SMILES string of the molecule is Oc1ccccc1Oc1ccc2c(c1)CO[B]2. The van der Waals surface area contributed by atoms with Crippen molar-refractivity contribution in [3.05, 3.63) is 48.0 Å². The van der Waals surface area contributed by atoms with Gasteiger partial charge in [0.25, 0.3) is 0 Å². The number of aromatic hydroxyl groups is 1. The summed E-state index contributed by atoms with van der Waals surface area (Å²) in [5, 5.41) is 9.61. The molecule has 1 aliphatic heterocycles. The summed E-state index contributed by atoms with van der Waals surface area (Å²) in [5.41, 5.74) is 2.17. The lowest BCUT2D eigenvalue weighted by molar-refractivity contribution is 0.344. The second kappa shape index (κ2) is 4.15. The van der Waals surface area contributed by atoms with Gasteiger partial charge in [-0.1, -0.05) is 18.2 Å². The average molecular weight is 225 g/mol. The summed E-state index contributed by atoms with van der Waals surface area (Å²) in [5.74, 6) is 1.29. The topological polar surface area (TPSA) is 38.7 Å². The van der Waals surface area contributed by atoms with Gasteiger partial charge in [0.1, 0.15) is 5.75 Å². The van der Waals surface area contributed by atoms with Crippen molar-refractivity contribution in [2.75, 3.05) is 0 Å². The highest BCUT2D eigenvalue weighted by molar-refractivity contribution is 6.48. The Morgan fingerprint density at radius 2 is 2.06 bits per heavy atom. The minimum atomic E-state index is 0.135. The van der Waals surface area contributed by atoms with Gasteiger partial charge in [0.15, 0.2) is 11.5 Å². The molecule has 3 rings (SSSR count). The summed E-state index contributed by atoms with van der Waals surface area (Å²) in [4.78, 5) is 0. The van der Waals surface area contributed by atoms with E-state index in [4.69, 9.17) is 9.39 Å². The molecule has 2 aromatic rings. The van der Waals surface area contributed by atoms with Crippen molar-refractivity contribution in [1.29, 1.82) is 0 Å². The third-order valence-electron chi connectivity index (χ3n) is 2.66. The molecule has 0 saturated heterocycles. The van der Waals surface area contributed by atoms with Gasteiger partial charge < -0.3 is 14.5 Å². The fourth-order valence-corrected chi connectivity index (χ4v) is 1.78. The van der Waals surface area contributed by atoms with Crippen molar-refractivity contribution in [1.82, 2.24) is 0 Å². The second-order valence-corrected chi connectivity index (χ2v) is 3.86. The van der Waals surface area contributed by atoms with Gasteiger partial charge in [0.2, 0.25) is 0 Å². The van der Waals surface area contributed by atoms with E-state index in [0.717, 1.165) is 11.0 Å². The van der Waals surface area contributed by atoms with Crippen LogP contribution < -0.4 is 10.2 Å². The van der Waals surface area contributed by atoms with Crippen LogP contribution in [0, 0.1) is 0 Å². The molecule has 0 unspecified atom stereocenters. The van der Waals surface area contributed by atoms with Gasteiger partial charge >= 0.3 is 7.48 Å². The predicted molar refractivity (Wildman–Crippen MR) is 64.8 cm³/mol. The molecule has 0 aromatic heterocycles. The smallest absolute Gasteiger partial charge is 0.330 e. The largest absolute Gasteiger partial charge is 0.504 e.